The van der Waals surface area contributed by atoms with E-state index in [9.17, 15) is 10.2 Å². The first kappa shape index (κ1) is 35.8. The molecule has 12 nitrogen and oxygen atoms in total. The number of hydrogen-bond acceptors (Lipinski definition) is 12. The highest BCUT2D eigenvalue weighted by Crippen LogP contribution is 2.31. The number of aliphatic hydroxyl groups is 2. The molecule has 2 N–H and O–H groups in total. The normalized spacial score (nSPS) is 19.7. The van der Waals surface area contributed by atoms with Crippen molar-refractivity contribution in [2.24, 2.45) is 0 Å². The van der Waals surface area contributed by atoms with Crippen LogP contribution in [0.5, 0.6) is 23.0 Å². The lowest BCUT2D eigenvalue weighted by Gasteiger charge is -2.16. The fourth-order valence-electron chi connectivity index (χ4n) is 3.96. The molecule has 0 saturated carbocycles. The summed E-state index contributed by atoms with van der Waals surface area (Å²) in [6.45, 7) is 9.58. The minimum Gasteiger partial charge on any atom is -0.487 e. The summed E-state index contributed by atoms with van der Waals surface area (Å²) < 4.78 is 57.1. The van der Waals surface area contributed by atoms with Crippen molar-refractivity contribution < 1.29 is 57.6 Å². The smallest absolute Gasteiger partial charge is 0.161 e. The largest absolute Gasteiger partial charge is 0.487 e. The lowest BCUT2D eigenvalue weighted by molar-refractivity contribution is 0.00246. The molecule has 0 saturated heterocycles. The Hall–Kier alpha value is -2.68. The first-order chi connectivity index (χ1) is 21.5. The Kier molecular flexibility index (Phi) is 17.8. The van der Waals surface area contributed by atoms with Gasteiger partial charge in [0, 0.05) is 0 Å². The summed E-state index contributed by atoms with van der Waals surface area (Å²) in [5, 5.41) is 19.9. The molecule has 12 heteroatoms. The summed E-state index contributed by atoms with van der Waals surface area (Å²) >= 11 is 0. The highest BCUT2D eigenvalue weighted by Gasteiger charge is 2.12. The molecular formula is C32H48O12. The third kappa shape index (κ3) is 14.4. The van der Waals surface area contributed by atoms with Crippen LogP contribution in [0.15, 0.2) is 36.4 Å². The Morgan fingerprint density at radius 2 is 0.636 bits per heavy atom. The van der Waals surface area contributed by atoms with E-state index in [1.807, 2.05) is 0 Å². The zero-order valence-electron chi connectivity index (χ0n) is 25.9. The monoisotopic (exact) mass is 624 g/mol. The van der Waals surface area contributed by atoms with Gasteiger partial charge in [-0.2, -0.15) is 0 Å². The predicted octanol–water partition coefficient (Wildman–Crippen LogP) is 3.12. The molecular weight excluding hydrogens is 576 g/mol. The standard InChI is InChI=1S/C32H48O12/c1-25(33)27-3-5-29-31(23-27)43-21-17-39-13-9-36-10-14-40-18-22-44-32-24-28(26(2)34)4-6-30(32)42-20-16-38-12-8-35-7-11-37-15-19-41-29/h3-6,23-26,33-34H,7-22H2,1-2H3. The number of ether oxygens (including phenoxy) is 10. The van der Waals surface area contributed by atoms with Gasteiger partial charge >= 0.3 is 0 Å². The first-order valence-corrected chi connectivity index (χ1v) is 15.2. The summed E-state index contributed by atoms with van der Waals surface area (Å²) in [6, 6.07) is 10.7. The van der Waals surface area contributed by atoms with E-state index in [4.69, 9.17) is 47.4 Å². The van der Waals surface area contributed by atoms with Crippen LogP contribution in [0, 0.1) is 0 Å². The van der Waals surface area contributed by atoms with Gasteiger partial charge in [-0.05, 0) is 49.2 Å². The molecule has 2 aromatic carbocycles. The van der Waals surface area contributed by atoms with Crippen molar-refractivity contribution >= 4 is 0 Å². The van der Waals surface area contributed by atoms with Crippen LogP contribution in [0.1, 0.15) is 37.2 Å². The Morgan fingerprint density at radius 1 is 0.386 bits per heavy atom. The number of hydrogen-bond donors (Lipinski definition) is 2. The Morgan fingerprint density at radius 3 is 0.909 bits per heavy atom. The van der Waals surface area contributed by atoms with Crippen molar-refractivity contribution in [3.8, 4) is 23.0 Å². The third-order valence-electron chi connectivity index (χ3n) is 6.33. The van der Waals surface area contributed by atoms with Crippen LogP contribution in [0.25, 0.3) is 0 Å². The summed E-state index contributed by atoms with van der Waals surface area (Å²) in [5.74, 6) is 2.20. The quantitative estimate of drug-likeness (QED) is 0.509. The second-order valence-corrected chi connectivity index (χ2v) is 9.83. The van der Waals surface area contributed by atoms with Crippen molar-refractivity contribution in [1.82, 2.24) is 0 Å². The molecule has 0 amide bonds. The maximum absolute atomic E-state index is 9.96. The van der Waals surface area contributed by atoms with Crippen LogP contribution in [0.4, 0.5) is 0 Å². The topological polar surface area (TPSA) is 133 Å². The highest BCUT2D eigenvalue weighted by molar-refractivity contribution is 5.44. The second-order valence-electron chi connectivity index (χ2n) is 9.83. The van der Waals surface area contributed by atoms with E-state index in [-0.39, 0.29) is 0 Å². The van der Waals surface area contributed by atoms with E-state index < -0.39 is 12.2 Å². The predicted molar refractivity (Wildman–Crippen MR) is 161 cm³/mol. The summed E-state index contributed by atoms with van der Waals surface area (Å²) in [7, 11) is 0. The molecule has 0 fully saturated rings. The van der Waals surface area contributed by atoms with Crippen LogP contribution < -0.4 is 18.9 Å². The molecule has 1 heterocycles. The molecule has 2 atom stereocenters. The SMILES string of the molecule is CC(O)c1ccc2c(c1)OCCOCCOCCOCCOc1cc(C(C)O)ccc1OCCOCCOCCOCCO2. The molecule has 1 aliphatic rings. The van der Waals surface area contributed by atoms with E-state index in [1.165, 1.54) is 0 Å². The van der Waals surface area contributed by atoms with Crippen LogP contribution in [0.3, 0.4) is 0 Å². The Bertz CT molecular complexity index is 953. The van der Waals surface area contributed by atoms with Gasteiger partial charge in [0.05, 0.1) is 91.5 Å². The zero-order valence-corrected chi connectivity index (χ0v) is 25.9. The number of fused-ring (bicyclic) bond motifs is 2. The molecule has 2 unspecified atom stereocenters. The van der Waals surface area contributed by atoms with Gasteiger partial charge in [-0.3, -0.25) is 0 Å². The van der Waals surface area contributed by atoms with E-state index in [0.717, 1.165) is 11.1 Å². The Labute approximate surface area is 260 Å². The summed E-state index contributed by atoms with van der Waals surface area (Å²) in [5.41, 5.74) is 1.46. The minimum absolute atomic E-state index is 0.313. The maximum atomic E-state index is 9.96. The zero-order chi connectivity index (χ0) is 31.2. The van der Waals surface area contributed by atoms with Crippen molar-refractivity contribution in [2.75, 3.05) is 106 Å². The van der Waals surface area contributed by atoms with Gasteiger partial charge in [-0.25, -0.2) is 0 Å². The second kappa shape index (κ2) is 21.9. The molecule has 0 spiro atoms. The van der Waals surface area contributed by atoms with Gasteiger partial charge in [0.25, 0.3) is 0 Å². The molecule has 0 radical (unpaired) electrons. The van der Waals surface area contributed by atoms with E-state index >= 15 is 0 Å². The first-order valence-electron chi connectivity index (χ1n) is 15.2. The van der Waals surface area contributed by atoms with Crippen molar-refractivity contribution in [2.45, 2.75) is 26.1 Å². The van der Waals surface area contributed by atoms with E-state index in [1.54, 1.807) is 50.2 Å². The number of benzene rings is 2. The molecule has 1 aliphatic heterocycles. The van der Waals surface area contributed by atoms with Gasteiger partial charge in [-0.15, -0.1) is 0 Å². The van der Waals surface area contributed by atoms with E-state index in [0.29, 0.717) is 129 Å². The number of rotatable bonds is 2. The van der Waals surface area contributed by atoms with Gasteiger partial charge in [0.15, 0.2) is 23.0 Å². The van der Waals surface area contributed by atoms with Gasteiger partial charge in [0.2, 0.25) is 0 Å². The fourth-order valence-corrected chi connectivity index (χ4v) is 3.96. The Balaban J connectivity index is 1.46. The molecule has 2 aromatic rings. The molecule has 44 heavy (non-hydrogen) atoms. The average Bonchev–Trinajstić information content (AvgIpc) is 3.01. The molecule has 248 valence electrons. The lowest BCUT2D eigenvalue weighted by Crippen LogP contribution is -2.16. The summed E-state index contributed by atoms with van der Waals surface area (Å²) in [6.07, 6.45) is -1.26. The molecule has 0 aliphatic carbocycles. The number of aliphatic hydroxyl groups excluding tert-OH is 2. The molecule has 0 bridgehead atoms. The van der Waals surface area contributed by atoms with Crippen molar-refractivity contribution in [3.05, 3.63) is 47.5 Å². The fraction of sp³-hybridized carbons (Fsp3) is 0.625. The average molecular weight is 625 g/mol. The highest BCUT2D eigenvalue weighted by atomic mass is 16.6. The minimum atomic E-state index is -0.629. The third-order valence-corrected chi connectivity index (χ3v) is 6.33. The van der Waals surface area contributed by atoms with Crippen LogP contribution in [-0.4, -0.2) is 116 Å². The van der Waals surface area contributed by atoms with Crippen LogP contribution in [0.2, 0.25) is 0 Å². The van der Waals surface area contributed by atoms with Gasteiger partial charge in [0.1, 0.15) is 26.4 Å². The van der Waals surface area contributed by atoms with Gasteiger partial charge < -0.3 is 57.6 Å². The van der Waals surface area contributed by atoms with Crippen molar-refractivity contribution in [3.63, 3.8) is 0 Å². The van der Waals surface area contributed by atoms with Gasteiger partial charge in [-0.1, -0.05) is 12.1 Å². The maximum Gasteiger partial charge on any atom is 0.161 e. The van der Waals surface area contributed by atoms with Crippen LogP contribution >= 0.6 is 0 Å². The summed E-state index contributed by atoms with van der Waals surface area (Å²) in [4.78, 5) is 0. The molecule has 3 rings (SSSR count). The molecule has 0 aromatic heterocycles. The lowest BCUT2D eigenvalue weighted by atomic mass is 10.1. The van der Waals surface area contributed by atoms with Crippen molar-refractivity contribution in [1.29, 1.82) is 0 Å². The van der Waals surface area contributed by atoms with Crippen LogP contribution in [-0.2, 0) is 28.4 Å². The van der Waals surface area contributed by atoms with E-state index in [2.05, 4.69) is 0 Å².